The van der Waals surface area contributed by atoms with Crippen LogP contribution in [-0.4, -0.2) is 36.1 Å². The molecule has 1 aliphatic carbocycles. The van der Waals surface area contributed by atoms with E-state index >= 15 is 0 Å². The summed E-state index contributed by atoms with van der Waals surface area (Å²) in [5, 5.41) is 3.45. The van der Waals surface area contributed by atoms with E-state index in [0.717, 1.165) is 11.1 Å². The third-order valence-electron chi connectivity index (χ3n) is 5.56. The van der Waals surface area contributed by atoms with Crippen molar-refractivity contribution in [2.45, 2.75) is 45.1 Å². The molecule has 0 bridgehead atoms. The SMILES string of the molecule is CCC(CC)(NC(=O)c1cc(-c2ccc(Cl)cc2)c(OCC2CC2)cn1)C(=O)OC. The summed E-state index contributed by atoms with van der Waals surface area (Å²) in [6.07, 6.45) is 4.74. The highest BCUT2D eigenvalue weighted by atomic mass is 35.5. The average molecular weight is 431 g/mol. The molecule has 0 radical (unpaired) electrons. The molecule has 2 aromatic rings. The molecule has 160 valence electrons. The van der Waals surface area contributed by atoms with E-state index in [9.17, 15) is 9.59 Å². The summed E-state index contributed by atoms with van der Waals surface area (Å²) < 4.78 is 10.9. The van der Waals surface area contributed by atoms with Crippen molar-refractivity contribution >= 4 is 23.5 Å². The molecule has 1 heterocycles. The van der Waals surface area contributed by atoms with Gasteiger partial charge in [0.1, 0.15) is 17.0 Å². The number of ether oxygens (including phenoxy) is 2. The number of amides is 1. The minimum atomic E-state index is -1.09. The van der Waals surface area contributed by atoms with Crippen LogP contribution in [0, 0.1) is 5.92 Å². The smallest absolute Gasteiger partial charge is 0.331 e. The molecule has 0 aliphatic heterocycles. The van der Waals surface area contributed by atoms with Crippen LogP contribution in [0.5, 0.6) is 5.75 Å². The lowest BCUT2D eigenvalue weighted by atomic mass is 9.92. The van der Waals surface area contributed by atoms with Crippen molar-refractivity contribution in [2.75, 3.05) is 13.7 Å². The number of hydrogen-bond acceptors (Lipinski definition) is 5. The second-order valence-electron chi connectivity index (χ2n) is 7.56. The first-order valence-electron chi connectivity index (χ1n) is 10.2. The number of aromatic nitrogens is 1. The zero-order valence-electron chi connectivity index (χ0n) is 17.5. The molecule has 1 amide bonds. The highest BCUT2D eigenvalue weighted by Gasteiger charge is 2.38. The number of halogens is 1. The minimum absolute atomic E-state index is 0.203. The van der Waals surface area contributed by atoms with Crippen molar-refractivity contribution < 1.29 is 19.1 Å². The number of esters is 1. The maximum Gasteiger partial charge on any atom is 0.331 e. The first-order chi connectivity index (χ1) is 14.4. The molecule has 6 nitrogen and oxygen atoms in total. The third kappa shape index (κ3) is 4.93. The molecule has 0 spiro atoms. The molecule has 0 atom stereocenters. The molecule has 0 saturated heterocycles. The Balaban J connectivity index is 1.92. The fourth-order valence-corrected chi connectivity index (χ4v) is 3.40. The highest BCUT2D eigenvalue weighted by Crippen LogP contribution is 2.34. The van der Waals surface area contributed by atoms with E-state index < -0.39 is 17.4 Å². The number of carbonyl (C=O) groups is 2. The molecular formula is C23H27ClN2O4. The van der Waals surface area contributed by atoms with Gasteiger partial charge in [-0.1, -0.05) is 37.6 Å². The van der Waals surface area contributed by atoms with E-state index in [1.165, 1.54) is 20.0 Å². The fourth-order valence-electron chi connectivity index (χ4n) is 3.27. The topological polar surface area (TPSA) is 77.5 Å². The van der Waals surface area contributed by atoms with Gasteiger partial charge in [0.2, 0.25) is 0 Å². The van der Waals surface area contributed by atoms with Crippen LogP contribution in [0.4, 0.5) is 0 Å². The van der Waals surface area contributed by atoms with Crippen molar-refractivity contribution in [3.8, 4) is 16.9 Å². The van der Waals surface area contributed by atoms with Crippen LogP contribution in [0.25, 0.3) is 11.1 Å². The average Bonchev–Trinajstić information content (AvgIpc) is 3.60. The van der Waals surface area contributed by atoms with Crippen molar-refractivity contribution in [1.29, 1.82) is 0 Å². The van der Waals surface area contributed by atoms with Crippen LogP contribution in [0.1, 0.15) is 50.0 Å². The maximum absolute atomic E-state index is 13.0. The fraction of sp³-hybridized carbons (Fsp3) is 0.435. The number of rotatable bonds is 9. The highest BCUT2D eigenvalue weighted by molar-refractivity contribution is 6.30. The van der Waals surface area contributed by atoms with E-state index in [1.807, 2.05) is 26.0 Å². The lowest BCUT2D eigenvalue weighted by molar-refractivity contribution is -0.148. The molecule has 7 heteroatoms. The number of pyridine rings is 1. The first-order valence-corrected chi connectivity index (χ1v) is 10.6. The van der Waals surface area contributed by atoms with Crippen LogP contribution >= 0.6 is 11.6 Å². The molecule has 1 fully saturated rings. The number of benzene rings is 1. The van der Waals surface area contributed by atoms with E-state index in [-0.39, 0.29) is 5.69 Å². The second kappa shape index (κ2) is 9.47. The Bertz CT molecular complexity index is 906. The van der Waals surface area contributed by atoms with Gasteiger partial charge < -0.3 is 14.8 Å². The number of methoxy groups -OCH3 is 1. The molecule has 1 N–H and O–H groups in total. The molecule has 1 aliphatic rings. The van der Waals surface area contributed by atoms with Crippen LogP contribution in [0.2, 0.25) is 5.02 Å². The van der Waals surface area contributed by atoms with Crippen molar-refractivity contribution in [3.05, 3.63) is 47.2 Å². The molecule has 0 unspecified atom stereocenters. The summed E-state index contributed by atoms with van der Waals surface area (Å²) >= 11 is 6.03. The molecule has 30 heavy (non-hydrogen) atoms. The van der Waals surface area contributed by atoms with Crippen LogP contribution < -0.4 is 10.1 Å². The van der Waals surface area contributed by atoms with E-state index in [1.54, 1.807) is 24.4 Å². The second-order valence-corrected chi connectivity index (χ2v) is 8.00. The summed E-state index contributed by atoms with van der Waals surface area (Å²) in [5.74, 6) is 0.294. The van der Waals surface area contributed by atoms with Gasteiger partial charge in [0.25, 0.3) is 5.91 Å². The molecule has 1 aromatic carbocycles. The Hall–Kier alpha value is -2.60. The Morgan fingerprint density at radius 3 is 2.43 bits per heavy atom. The van der Waals surface area contributed by atoms with Crippen molar-refractivity contribution in [2.24, 2.45) is 5.92 Å². The van der Waals surface area contributed by atoms with E-state index in [0.29, 0.717) is 36.1 Å². The Morgan fingerprint density at radius 2 is 1.87 bits per heavy atom. The van der Waals surface area contributed by atoms with Gasteiger partial charge in [-0.3, -0.25) is 4.79 Å². The third-order valence-corrected chi connectivity index (χ3v) is 5.81. The number of nitrogens with zero attached hydrogens (tertiary/aromatic N) is 1. The standard InChI is InChI=1S/C23H27ClN2O4/c1-4-23(5-2,22(28)29-3)26-21(27)19-12-18(16-8-10-17(24)11-9-16)20(13-25-19)30-14-15-6-7-15/h8-13,15H,4-7,14H2,1-3H3,(H,26,27). The maximum atomic E-state index is 13.0. The van der Waals surface area contributed by atoms with Crippen LogP contribution in [0.15, 0.2) is 36.5 Å². The largest absolute Gasteiger partial charge is 0.491 e. The summed E-state index contributed by atoms with van der Waals surface area (Å²) in [6.45, 7) is 4.30. The predicted octanol–water partition coefficient (Wildman–Crippen LogP) is 4.65. The molecule has 1 aromatic heterocycles. The summed E-state index contributed by atoms with van der Waals surface area (Å²) in [6, 6.07) is 9.02. The van der Waals surface area contributed by atoms with Gasteiger partial charge in [-0.15, -0.1) is 0 Å². The van der Waals surface area contributed by atoms with Crippen LogP contribution in [-0.2, 0) is 9.53 Å². The lowest BCUT2D eigenvalue weighted by Crippen LogP contribution is -2.54. The van der Waals surface area contributed by atoms with Crippen molar-refractivity contribution in [1.82, 2.24) is 10.3 Å². The lowest BCUT2D eigenvalue weighted by Gasteiger charge is -2.29. The quantitative estimate of drug-likeness (QED) is 0.586. The van der Waals surface area contributed by atoms with Gasteiger partial charge in [-0.2, -0.15) is 0 Å². The number of hydrogen-bond donors (Lipinski definition) is 1. The minimum Gasteiger partial charge on any atom is -0.491 e. The van der Waals surface area contributed by atoms with Gasteiger partial charge in [0.05, 0.1) is 19.9 Å². The number of carbonyl (C=O) groups excluding carboxylic acids is 2. The first kappa shape index (κ1) is 22.1. The summed E-state index contributed by atoms with van der Waals surface area (Å²) in [4.78, 5) is 29.6. The normalized spacial score (nSPS) is 13.6. The van der Waals surface area contributed by atoms with E-state index in [4.69, 9.17) is 21.1 Å². The van der Waals surface area contributed by atoms with Gasteiger partial charge in [-0.25, -0.2) is 9.78 Å². The number of nitrogens with one attached hydrogen (secondary N) is 1. The van der Waals surface area contributed by atoms with Crippen LogP contribution in [0.3, 0.4) is 0 Å². The van der Waals surface area contributed by atoms with Gasteiger partial charge in [0, 0.05) is 10.6 Å². The van der Waals surface area contributed by atoms with Gasteiger partial charge >= 0.3 is 5.97 Å². The zero-order chi connectivity index (χ0) is 21.7. The molecule has 1 saturated carbocycles. The molecule has 3 rings (SSSR count). The van der Waals surface area contributed by atoms with Crippen molar-refractivity contribution in [3.63, 3.8) is 0 Å². The Morgan fingerprint density at radius 1 is 1.20 bits per heavy atom. The molecular weight excluding hydrogens is 404 g/mol. The Kier molecular flexibility index (Phi) is 6.98. The Labute approximate surface area is 181 Å². The summed E-state index contributed by atoms with van der Waals surface area (Å²) in [7, 11) is 1.32. The summed E-state index contributed by atoms with van der Waals surface area (Å²) in [5.41, 5.74) is 0.736. The monoisotopic (exact) mass is 430 g/mol. The van der Waals surface area contributed by atoms with E-state index in [2.05, 4.69) is 10.3 Å². The van der Waals surface area contributed by atoms with Gasteiger partial charge in [0.15, 0.2) is 0 Å². The zero-order valence-corrected chi connectivity index (χ0v) is 18.3. The van der Waals surface area contributed by atoms with Gasteiger partial charge in [-0.05, 0) is 55.4 Å². The predicted molar refractivity (Wildman–Crippen MR) is 116 cm³/mol.